The Morgan fingerprint density at radius 1 is 1.12 bits per heavy atom. The van der Waals surface area contributed by atoms with Gasteiger partial charge in [-0.05, 0) is 97.2 Å². The van der Waals surface area contributed by atoms with E-state index in [9.17, 15) is 18.3 Å². The number of benzene rings is 2. The quantitative estimate of drug-likeness (QED) is 0.387. The van der Waals surface area contributed by atoms with E-state index in [0.717, 1.165) is 49.4 Å². The summed E-state index contributed by atoms with van der Waals surface area (Å²) >= 11 is 6.38. The SMILES string of the molecule is CC1(C)C/C=C/[C@H](O)[C@@H]2CC[C@H]2CN2C[C@@]3(CCCc4cc(Cl)ccc43)COc3ccc(cc32)C(=O)CS(=O)(=O)C1. The highest BCUT2D eigenvalue weighted by atomic mass is 35.5. The summed E-state index contributed by atoms with van der Waals surface area (Å²) in [5.41, 5.74) is 2.97. The third-order valence-corrected chi connectivity index (χ3v) is 11.9. The number of aliphatic hydroxyl groups excluding tert-OH is 1. The number of nitrogens with zero attached hydrogens (tertiary/aromatic N) is 1. The highest BCUT2D eigenvalue weighted by molar-refractivity contribution is 7.92. The Morgan fingerprint density at radius 3 is 2.73 bits per heavy atom. The predicted molar refractivity (Wildman–Crippen MR) is 163 cm³/mol. The van der Waals surface area contributed by atoms with Gasteiger partial charge in [-0.15, -0.1) is 0 Å². The Balaban J connectivity index is 1.42. The van der Waals surface area contributed by atoms with Gasteiger partial charge in [-0.2, -0.15) is 0 Å². The molecule has 1 N–H and O–H groups in total. The van der Waals surface area contributed by atoms with Crippen LogP contribution in [-0.4, -0.2) is 56.6 Å². The molecule has 1 fully saturated rings. The van der Waals surface area contributed by atoms with Crippen LogP contribution in [0.3, 0.4) is 0 Å². The maximum Gasteiger partial charge on any atom is 0.177 e. The first kappa shape index (κ1) is 28.8. The summed E-state index contributed by atoms with van der Waals surface area (Å²) in [4.78, 5) is 15.7. The van der Waals surface area contributed by atoms with Crippen molar-refractivity contribution in [3.05, 3.63) is 70.3 Å². The molecule has 1 spiro atoms. The van der Waals surface area contributed by atoms with E-state index in [1.54, 1.807) is 6.07 Å². The summed E-state index contributed by atoms with van der Waals surface area (Å²) < 4.78 is 32.8. The molecule has 6 rings (SSSR count). The lowest BCUT2D eigenvalue weighted by Crippen LogP contribution is -2.49. The summed E-state index contributed by atoms with van der Waals surface area (Å²) in [5, 5.41) is 11.9. The number of Topliss-reactive ketones (excluding diaryl/α,β-unsaturated/α-hetero) is 1. The molecule has 6 nitrogen and oxygen atoms in total. The number of carbonyl (C=O) groups is 1. The Hall–Kier alpha value is -2.35. The second-order valence-corrected chi connectivity index (χ2v) is 16.0. The summed E-state index contributed by atoms with van der Waals surface area (Å²) in [7, 11) is -3.64. The maximum absolute atomic E-state index is 13.4. The average molecular weight is 598 g/mol. The molecule has 0 unspecified atom stereocenters. The maximum atomic E-state index is 13.4. The zero-order valence-corrected chi connectivity index (χ0v) is 25.5. The van der Waals surface area contributed by atoms with Gasteiger partial charge in [-0.3, -0.25) is 4.79 Å². The van der Waals surface area contributed by atoms with Gasteiger partial charge in [0.1, 0.15) is 11.5 Å². The number of sulfone groups is 1. The fraction of sp³-hybridized carbons (Fsp3) is 0.545. The lowest BCUT2D eigenvalue weighted by molar-refractivity contribution is 0.0455. The average Bonchev–Trinajstić information content (AvgIpc) is 3.02. The number of hydrogen-bond acceptors (Lipinski definition) is 6. The van der Waals surface area contributed by atoms with E-state index in [2.05, 4.69) is 17.0 Å². The molecule has 4 atom stereocenters. The molecular weight excluding hydrogens is 558 g/mol. The van der Waals surface area contributed by atoms with E-state index in [0.29, 0.717) is 36.8 Å². The fourth-order valence-corrected chi connectivity index (χ4v) is 9.67. The number of ether oxygens (including phenoxy) is 1. The van der Waals surface area contributed by atoms with Gasteiger partial charge in [0.05, 0.1) is 24.2 Å². The van der Waals surface area contributed by atoms with Gasteiger partial charge < -0.3 is 14.7 Å². The predicted octanol–water partition coefficient (Wildman–Crippen LogP) is 5.78. The minimum absolute atomic E-state index is 0.0929. The molecule has 2 aromatic rings. The van der Waals surface area contributed by atoms with Crippen molar-refractivity contribution in [1.82, 2.24) is 0 Å². The molecule has 41 heavy (non-hydrogen) atoms. The van der Waals surface area contributed by atoms with E-state index in [1.165, 1.54) is 11.1 Å². The Labute approximate surface area is 248 Å². The van der Waals surface area contributed by atoms with Crippen LogP contribution in [0.1, 0.15) is 67.4 Å². The molecule has 8 heteroatoms. The van der Waals surface area contributed by atoms with Gasteiger partial charge in [0.15, 0.2) is 15.6 Å². The van der Waals surface area contributed by atoms with Gasteiger partial charge in [0.2, 0.25) is 0 Å². The number of fused-ring (bicyclic) bond motifs is 4. The van der Waals surface area contributed by atoms with Crippen molar-refractivity contribution in [3.63, 3.8) is 0 Å². The zero-order valence-electron chi connectivity index (χ0n) is 23.9. The molecule has 0 saturated heterocycles. The number of carbonyl (C=O) groups excluding carboxylic acids is 1. The van der Waals surface area contributed by atoms with Crippen LogP contribution in [0.15, 0.2) is 48.6 Å². The van der Waals surface area contributed by atoms with Gasteiger partial charge in [-0.25, -0.2) is 8.42 Å². The molecule has 2 aliphatic heterocycles. The van der Waals surface area contributed by atoms with E-state index >= 15 is 0 Å². The van der Waals surface area contributed by atoms with Crippen LogP contribution in [-0.2, 0) is 21.7 Å². The lowest BCUT2D eigenvalue weighted by atomic mass is 9.68. The van der Waals surface area contributed by atoms with Crippen LogP contribution in [0.5, 0.6) is 5.75 Å². The molecule has 0 aromatic heterocycles. The molecule has 2 aliphatic carbocycles. The van der Waals surface area contributed by atoms with Crippen molar-refractivity contribution < 1.29 is 23.1 Å². The van der Waals surface area contributed by atoms with Crippen molar-refractivity contribution in [2.45, 2.75) is 63.9 Å². The van der Waals surface area contributed by atoms with Crippen molar-refractivity contribution in [1.29, 1.82) is 0 Å². The first-order valence-corrected chi connectivity index (χ1v) is 17.0. The van der Waals surface area contributed by atoms with Crippen molar-refractivity contribution in [2.75, 3.05) is 36.1 Å². The van der Waals surface area contributed by atoms with Crippen molar-refractivity contribution in [2.24, 2.45) is 17.3 Å². The van der Waals surface area contributed by atoms with Crippen molar-refractivity contribution in [3.8, 4) is 5.75 Å². The van der Waals surface area contributed by atoms with Crippen LogP contribution in [0.2, 0.25) is 5.02 Å². The number of ketones is 1. The van der Waals surface area contributed by atoms with Crippen LogP contribution in [0.25, 0.3) is 0 Å². The number of anilines is 1. The molecule has 1 saturated carbocycles. The smallest absolute Gasteiger partial charge is 0.177 e. The third kappa shape index (κ3) is 5.82. The molecule has 4 aliphatic rings. The molecule has 220 valence electrons. The summed E-state index contributed by atoms with van der Waals surface area (Å²) in [6.45, 7) is 5.75. The first-order valence-electron chi connectivity index (χ1n) is 14.8. The van der Waals surface area contributed by atoms with E-state index < -0.39 is 27.1 Å². The number of rotatable bonds is 0. The fourth-order valence-electron chi connectivity index (χ4n) is 7.50. The highest BCUT2D eigenvalue weighted by Gasteiger charge is 2.44. The standard InChI is InChI=1S/C33H40ClNO5S/c1-32(2)13-4-6-29(36)26-10-7-24(26)17-35-19-33(14-3-5-22-15-25(34)9-11-27(22)33)20-40-31-12-8-23(16-28(31)35)30(37)18-41(38,39)21-32/h4,6,8-9,11-12,15-16,24,26,29,36H,3,5,7,10,13-14,17-21H2,1-2H3/b6-4+/t24-,26+,29-,33-/m0/s1. The van der Waals surface area contributed by atoms with E-state index in [-0.39, 0.29) is 22.9 Å². The van der Waals surface area contributed by atoms with Gasteiger partial charge in [-0.1, -0.05) is 43.7 Å². The van der Waals surface area contributed by atoms with Crippen molar-refractivity contribution >= 4 is 32.9 Å². The Bertz CT molecular complexity index is 1480. The van der Waals surface area contributed by atoms with Crippen LogP contribution in [0, 0.1) is 17.3 Å². The molecule has 2 bridgehead atoms. The largest absolute Gasteiger partial charge is 0.490 e. The van der Waals surface area contributed by atoms with Gasteiger partial charge in [0.25, 0.3) is 0 Å². The molecule has 2 aromatic carbocycles. The van der Waals surface area contributed by atoms with Gasteiger partial charge >= 0.3 is 0 Å². The minimum atomic E-state index is -3.64. The molecular formula is C33H40ClNO5S. The highest BCUT2D eigenvalue weighted by Crippen LogP contribution is 2.47. The Morgan fingerprint density at radius 2 is 1.95 bits per heavy atom. The second-order valence-electron chi connectivity index (χ2n) is 13.5. The monoisotopic (exact) mass is 597 g/mol. The summed E-state index contributed by atoms with van der Waals surface area (Å²) in [5.74, 6) is 0.138. The normalized spacial score (nSPS) is 31.7. The van der Waals surface area contributed by atoms with Crippen LogP contribution < -0.4 is 9.64 Å². The Kier molecular flexibility index (Phi) is 7.53. The third-order valence-electron chi connectivity index (χ3n) is 9.69. The number of aliphatic hydroxyl groups is 1. The molecule has 0 radical (unpaired) electrons. The summed E-state index contributed by atoms with van der Waals surface area (Å²) in [6, 6.07) is 11.5. The first-order chi connectivity index (χ1) is 19.4. The summed E-state index contributed by atoms with van der Waals surface area (Å²) in [6.07, 6.45) is 8.70. The number of allylic oxidation sites excluding steroid dienone is 1. The zero-order chi connectivity index (χ0) is 29.0. The van der Waals surface area contributed by atoms with Crippen LogP contribution in [0.4, 0.5) is 5.69 Å². The minimum Gasteiger partial charge on any atom is -0.490 e. The topological polar surface area (TPSA) is 83.9 Å². The number of halogens is 1. The molecule has 0 amide bonds. The second kappa shape index (κ2) is 10.7. The van der Waals surface area contributed by atoms with E-state index in [1.807, 2.05) is 44.2 Å². The van der Waals surface area contributed by atoms with Crippen LogP contribution >= 0.6 is 11.6 Å². The van der Waals surface area contributed by atoms with Gasteiger partial charge in [0, 0.05) is 29.1 Å². The molecule has 2 heterocycles. The number of hydrogen-bond donors (Lipinski definition) is 1. The lowest BCUT2D eigenvalue weighted by Gasteiger charge is -2.45. The van der Waals surface area contributed by atoms with E-state index in [4.69, 9.17) is 16.3 Å². The number of aryl methyl sites for hydroxylation is 1.